The Hall–Kier alpha value is -1.46. The third kappa shape index (κ3) is 2.05. The summed E-state index contributed by atoms with van der Waals surface area (Å²) in [6, 6.07) is 3.86. The van der Waals surface area contributed by atoms with E-state index in [0.29, 0.717) is 6.54 Å². The van der Waals surface area contributed by atoms with Gasteiger partial charge in [-0.3, -0.25) is 0 Å². The molecule has 2 N–H and O–H groups in total. The number of rotatable bonds is 4. The Balaban J connectivity index is 2.39. The number of hydrogen-bond acceptors (Lipinski definition) is 4. The van der Waals surface area contributed by atoms with Gasteiger partial charge in [0.15, 0.2) is 5.65 Å². The second kappa shape index (κ2) is 4.59. The van der Waals surface area contributed by atoms with E-state index in [2.05, 4.69) is 33.5 Å². The molecule has 0 atom stereocenters. The predicted molar refractivity (Wildman–Crippen MR) is 64.0 cm³/mol. The Morgan fingerprint density at radius 1 is 1.44 bits per heavy atom. The van der Waals surface area contributed by atoms with Crippen molar-refractivity contribution in [2.24, 2.45) is 5.73 Å². The Morgan fingerprint density at radius 2 is 2.25 bits per heavy atom. The first-order valence-electron chi connectivity index (χ1n) is 5.37. The van der Waals surface area contributed by atoms with Gasteiger partial charge in [0.1, 0.15) is 11.3 Å². The van der Waals surface area contributed by atoms with E-state index in [9.17, 15) is 0 Å². The molecule has 5 nitrogen and oxygen atoms in total. The van der Waals surface area contributed by atoms with Gasteiger partial charge in [0.2, 0.25) is 0 Å². The van der Waals surface area contributed by atoms with Crippen molar-refractivity contribution in [1.29, 1.82) is 0 Å². The zero-order valence-corrected chi connectivity index (χ0v) is 9.72. The molecule has 0 spiro atoms. The Morgan fingerprint density at radius 3 is 2.94 bits per heavy atom. The number of aromatic nitrogens is 3. The van der Waals surface area contributed by atoms with E-state index < -0.39 is 0 Å². The second-order valence-electron chi connectivity index (χ2n) is 4.03. The van der Waals surface area contributed by atoms with Crippen LogP contribution >= 0.6 is 0 Å². The van der Waals surface area contributed by atoms with Crippen molar-refractivity contribution >= 4 is 11.2 Å². The fourth-order valence-corrected chi connectivity index (χ4v) is 1.70. The highest BCUT2D eigenvalue weighted by molar-refractivity contribution is 5.71. The molecule has 0 amide bonds. The van der Waals surface area contributed by atoms with E-state index in [0.717, 1.165) is 30.1 Å². The van der Waals surface area contributed by atoms with Crippen molar-refractivity contribution in [1.82, 2.24) is 19.4 Å². The maximum Gasteiger partial charge on any atom is 0.160 e. The van der Waals surface area contributed by atoms with Crippen molar-refractivity contribution < 1.29 is 0 Å². The molecule has 0 aromatic carbocycles. The summed E-state index contributed by atoms with van der Waals surface area (Å²) in [7, 11) is 4.10. The predicted octanol–water partition coefficient (Wildman–Crippen LogP) is 0.452. The van der Waals surface area contributed by atoms with Crippen LogP contribution in [0.1, 0.15) is 5.82 Å². The van der Waals surface area contributed by atoms with Gasteiger partial charge in [-0.05, 0) is 26.2 Å². The number of likely N-dealkylation sites (N-methyl/N-ethyl adjacent to an activating group) is 1. The molecule has 0 saturated carbocycles. The number of imidazole rings is 1. The average molecular weight is 219 g/mol. The van der Waals surface area contributed by atoms with Gasteiger partial charge in [-0.2, -0.15) is 0 Å². The van der Waals surface area contributed by atoms with Crippen LogP contribution in [0.4, 0.5) is 0 Å². The first-order chi connectivity index (χ1) is 7.72. The third-order valence-electron chi connectivity index (χ3n) is 2.54. The summed E-state index contributed by atoms with van der Waals surface area (Å²) in [5, 5.41) is 0. The molecule has 0 aliphatic rings. The molecule has 0 unspecified atom stereocenters. The van der Waals surface area contributed by atoms with E-state index in [1.165, 1.54) is 0 Å². The minimum Gasteiger partial charge on any atom is -0.324 e. The number of hydrogen-bond donors (Lipinski definition) is 1. The quantitative estimate of drug-likeness (QED) is 0.811. The van der Waals surface area contributed by atoms with Crippen LogP contribution in [0.3, 0.4) is 0 Å². The molecule has 2 rings (SSSR count). The summed E-state index contributed by atoms with van der Waals surface area (Å²) in [4.78, 5) is 11.0. The maximum absolute atomic E-state index is 5.70. The second-order valence-corrected chi connectivity index (χ2v) is 4.03. The molecule has 5 heteroatoms. The molecule has 2 heterocycles. The molecule has 2 aromatic heterocycles. The summed E-state index contributed by atoms with van der Waals surface area (Å²) < 4.78 is 2.09. The minimum atomic E-state index is 0.448. The van der Waals surface area contributed by atoms with Gasteiger partial charge < -0.3 is 15.2 Å². The average Bonchev–Trinajstić information content (AvgIpc) is 2.64. The van der Waals surface area contributed by atoms with Gasteiger partial charge in [0.25, 0.3) is 0 Å². The minimum absolute atomic E-state index is 0.448. The first-order valence-corrected chi connectivity index (χ1v) is 5.37. The molecule has 0 saturated heterocycles. The summed E-state index contributed by atoms with van der Waals surface area (Å²) in [6.07, 6.45) is 1.79. The number of pyridine rings is 1. The van der Waals surface area contributed by atoms with Gasteiger partial charge >= 0.3 is 0 Å². The van der Waals surface area contributed by atoms with Gasteiger partial charge in [0.05, 0.1) is 6.54 Å². The van der Waals surface area contributed by atoms with Crippen molar-refractivity contribution in [3.05, 3.63) is 24.2 Å². The zero-order valence-electron chi connectivity index (χ0n) is 9.72. The normalized spacial score (nSPS) is 11.5. The van der Waals surface area contributed by atoms with Crippen molar-refractivity contribution in [2.75, 3.05) is 20.6 Å². The lowest BCUT2D eigenvalue weighted by atomic mass is 10.4. The Bertz CT molecular complexity index is 474. The highest BCUT2D eigenvalue weighted by Crippen LogP contribution is 2.12. The van der Waals surface area contributed by atoms with E-state index in [-0.39, 0.29) is 0 Å². The maximum atomic E-state index is 5.70. The van der Waals surface area contributed by atoms with Crippen LogP contribution in [0.2, 0.25) is 0 Å². The van der Waals surface area contributed by atoms with Gasteiger partial charge in [-0.25, -0.2) is 9.97 Å². The lowest BCUT2D eigenvalue weighted by Crippen LogP contribution is -2.20. The van der Waals surface area contributed by atoms with Crippen molar-refractivity contribution in [3.8, 4) is 0 Å². The third-order valence-corrected chi connectivity index (χ3v) is 2.54. The molecule has 0 aliphatic carbocycles. The molecule has 0 radical (unpaired) electrons. The number of nitrogens with two attached hydrogens (primary N) is 1. The largest absolute Gasteiger partial charge is 0.324 e. The van der Waals surface area contributed by atoms with E-state index in [4.69, 9.17) is 5.73 Å². The highest BCUT2D eigenvalue weighted by Gasteiger charge is 2.09. The SMILES string of the molecule is CN(C)CCn1c(CN)nc2cccnc21. The van der Waals surface area contributed by atoms with Crippen LogP contribution in [-0.2, 0) is 13.1 Å². The smallest absolute Gasteiger partial charge is 0.160 e. The summed E-state index contributed by atoms with van der Waals surface area (Å²) in [6.45, 7) is 2.27. The molecular weight excluding hydrogens is 202 g/mol. The Kier molecular flexibility index (Phi) is 3.17. The fourth-order valence-electron chi connectivity index (χ4n) is 1.70. The van der Waals surface area contributed by atoms with Crippen LogP contribution in [0.25, 0.3) is 11.2 Å². The van der Waals surface area contributed by atoms with Crippen LogP contribution in [0.15, 0.2) is 18.3 Å². The molecule has 0 aliphatic heterocycles. The molecule has 16 heavy (non-hydrogen) atoms. The summed E-state index contributed by atoms with van der Waals surface area (Å²) in [5.74, 6) is 0.899. The highest BCUT2D eigenvalue weighted by atomic mass is 15.2. The van der Waals surface area contributed by atoms with Gasteiger partial charge in [-0.15, -0.1) is 0 Å². The van der Waals surface area contributed by atoms with Crippen molar-refractivity contribution in [3.63, 3.8) is 0 Å². The first kappa shape index (κ1) is 11.0. The van der Waals surface area contributed by atoms with E-state index in [1.54, 1.807) is 6.20 Å². The molecular formula is C11H17N5. The molecule has 0 fully saturated rings. The lowest BCUT2D eigenvalue weighted by Gasteiger charge is -2.12. The van der Waals surface area contributed by atoms with E-state index >= 15 is 0 Å². The number of nitrogens with zero attached hydrogens (tertiary/aromatic N) is 4. The van der Waals surface area contributed by atoms with Crippen LogP contribution in [-0.4, -0.2) is 40.1 Å². The fraction of sp³-hybridized carbons (Fsp3) is 0.455. The molecule has 0 bridgehead atoms. The molecule has 2 aromatic rings. The zero-order chi connectivity index (χ0) is 11.5. The van der Waals surface area contributed by atoms with E-state index in [1.807, 2.05) is 12.1 Å². The number of fused-ring (bicyclic) bond motifs is 1. The van der Waals surface area contributed by atoms with Gasteiger partial charge in [-0.1, -0.05) is 0 Å². The van der Waals surface area contributed by atoms with Crippen molar-refractivity contribution in [2.45, 2.75) is 13.1 Å². The van der Waals surface area contributed by atoms with Crippen LogP contribution in [0.5, 0.6) is 0 Å². The lowest BCUT2D eigenvalue weighted by molar-refractivity contribution is 0.383. The Labute approximate surface area is 94.9 Å². The summed E-state index contributed by atoms with van der Waals surface area (Å²) in [5.41, 5.74) is 7.54. The molecule has 86 valence electrons. The summed E-state index contributed by atoms with van der Waals surface area (Å²) >= 11 is 0. The van der Waals surface area contributed by atoms with Crippen LogP contribution in [0, 0.1) is 0 Å². The standard InChI is InChI=1S/C11H17N5/c1-15(2)6-7-16-10(8-12)14-9-4-3-5-13-11(9)16/h3-5H,6-8,12H2,1-2H3. The van der Waals surface area contributed by atoms with Crippen LogP contribution < -0.4 is 5.73 Å². The monoisotopic (exact) mass is 219 g/mol. The topological polar surface area (TPSA) is 60.0 Å². The van der Waals surface area contributed by atoms with Gasteiger partial charge in [0, 0.05) is 19.3 Å².